The van der Waals surface area contributed by atoms with Crippen LogP contribution in [0.1, 0.15) is 18.6 Å². The minimum Gasteiger partial charge on any atom is -0.464 e. The number of carbonyl (C=O) groups excluding carboxylic acids is 1. The van der Waals surface area contributed by atoms with Gasteiger partial charge < -0.3 is 9.84 Å². The first-order valence-corrected chi connectivity index (χ1v) is 9.24. The van der Waals surface area contributed by atoms with Crippen molar-refractivity contribution in [3.8, 4) is 0 Å². The normalized spacial score (nSPS) is 13.6. The Hall–Kier alpha value is -2.82. The van der Waals surface area contributed by atoms with E-state index in [0.29, 0.717) is 0 Å². The fraction of sp³-hybridized carbons (Fsp3) is 0.235. The van der Waals surface area contributed by atoms with Crippen LogP contribution in [-0.4, -0.2) is 37.1 Å². The summed E-state index contributed by atoms with van der Waals surface area (Å²) in [5, 5.41) is 21.1. The van der Waals surface area contributed by atoms with E-state index in [-0.39, 0.29) is 17.9 Å². The van der Waals surface area contributed by atoms with Gasteiger partial charge in [0.05, 0.1) is 16.4 Å². The highest BCUT2D eigenvalue weighted by Crippen LogP contribution is 2.25. The molecule has 0 fully saturated rings. The number of benzene rings is 2. The van der Waals surface area contributed by atoms with Gasteiger partial charge in [-0.25, -0.2) is 8.98 Å². The Labute approximate surface area is 155 Å². The maximum Gasteiger partial charge on any atom is 0.339 e. The van der Waals surface area contributed by atoms with Crippen LogP contribution in [0.25, 0.3) is 0 Å². The first-order valence-electron chi connectivity index (χ1n) is 7.83. The minimum absolute atomic E-state index is 0.0439. The Bertz CT molecular complexity index is 896. The molecule has 144 valence electrons. The molecule has 2 aromatic carbocycles. The predicted octanol–water partition coefficient (Wildman–Crippen LogP) is 1.97. The topological polar surface area (TPSA) is 133 Å². The van der Waals surface area contributed by atoms with E-state index in [9.17, 15) is 28.4 Å². The highest BCUT2D eigenvalue weighted by molar-refractivity contribution is 7.86. The van der Waals surface area contributed by atoms with Crippen LogP contribution in [0.5, 0.6) is 0 Å². The van der Waals surface area contributed by atoms with Crippen molar-refractivity contribution in [3.63, 3.8) is 0 Å². The lowest BCUT2D eigenvalue weighted by Crippen LogP contribution is -2.35. The van der Waals surface area contributed by atoms with Crippen molar-refractivity contribution >= 4 is 21.8 Å². The average Bonchev–Trinajstić information content (AvgIpc) is 2.66. The van der Waals surface area contributed by atoms with Gasteiger partial charge in [0.1, 0.15) is 6.10 Å². The van der Waals surface area contributed by atoms with Crippen molar-refractivity contribution in [3.05, 3.63) is 70.3 Å². The van der Waals surface area contributed by atoms with Gasteiger partial charge in [-0.2, -0.15) is 8.42 Å². The molecule has 0 aliphatic heterocycles. The first kappa shape index (κ1) is 20.5. The minimum atomic E-state index is -4.50. The molecule has 0 aliphatic rings. The first-order chi connectivity index (χ1) is 12.8. The zero-order chi connectivity index (χ0) is 20.0. The Morgan fingerprint density at radius 1 is 1.15 bits per heavy atom. The standard InChI is InChI=1S/C17H17NO8S/c1-2-25-17(20)16(15(19)12-6-4-3-5-7-12)26-27(23,24)14-10-8-13(9-11-14)18(21)22/h3-11,15-16,19H,2H2,1H3/t15-,16-/m1/s1. The van der Waals surface area contributed by atoms with E-state index in [1.165, 1.54) is 19.1 Å². The van der Waals surface area contributed by atoms with Crippen LogP contribution < -0.4 is 0 Å². The molecule has 9 nitrogen and oxygen atoms in total. The molecule has 0 aromatic heterocycles. The Kier molecular flexibility index (Phi) is 6.61. The van der Waals surface area contributed by atoms with Gasteiger partial charge >= 0.3 is 5.97 Å². The van der Waals surface area contributed by atoms with E-state index in [4.69, 9.17) is 8.92 Å². The summed E-state index contributed by atoms with van der Waals surface area (Å²) in [6.45, 7) is 1.48. The quantitative estimate of drug-likeness (QED) is 0.310. The van der Waals surface area contributed by atoms with Crippen molar-refractivity contribution in [2.45, 2.75) is 24.0 Å². The van der Waals surface area contributed by atoms with E-state index in [2.05, 4.69) is 0 Å². The number of rotatable bonds is 8. The number of hydrogen-bond donors (Lipinski definition) is 1. The lowest BCUT2D eigenvalue weighted by atomic mass is 10.0. The van der Waals surface area contributed by atoms with Crippen LogP contribution in [0.4, 0.5) is 5.69 Å². The monoisotopic (exact) mass is 395 g/mol. The summed E-state index contributed by atoms with van der Waals surface area (Å²) in [7, 11) is -4.50. The average molecular weight is 395 g/mol. The van der Waals surface area contributed by atoms with Gasteiger partial charge in [-0.1, -0.05) is 30.3 Å². The van der Waals surface area contributed by atoms with Crippen LogP contribution in [0.3, 0.4) is 0 Å². The van der Waals surface area contributed by atoms with Gasteiger partial charge in [0, 0.05) is 12.1 Å². The molecule has 0 amide bonds. The second-order valence-electron chi connectivity index (χ2n) is 5.33. The van der Waals surface area contributed by atoms with Gasteiger partial charge in [-0.15, -0.1) is 0 Å². The summed E-state index contributed by atoms with van der Waals surface area (Å²) < 4.78 is 34.6. The van der Waals surface area contributed by atoms with Crippen LogP contribution >= 0.6 is 0 Å². The zero-order valence-corrected chi connectivity index (χ0v) is 15.0. The molecule has 1 N–H and O–H groups in total. The summed E-state index contributed by atoms with van der Waals surface area (Å²) in [4.78, 5) is 21.7. The van der Waals surface area contributed by atoms with Gasteiger partial charge in [-0.05, 0) is 24.6 Å². The van der Waals surface area contributed by atoms with Gasteiger partial charge in [0.2, 0.25) is 6.10 Å². The summed E-state index contributed by atoms with van der Waals surface area (Å²) in [6.07, 6.45) is -3.44. The molecule has 0 heterocycles. The molecular weight excluding hydrogens is 378 g/mol. The summed E-state index contributed by atoms with van der Waals surface area (Å²) in [5.41, 5.74) is -0.0466. The molecule has 2 atom stereocenters. The summed E-state index contributed by atoms with van der Waals surface area (Å²) >= 11 is 0. The van der Waals surface area contributed by atoms with E-state index in [1.807, 2.05) is 0 Å². The molecule has 2 rings (SSSR count). The third-order valence-electron chi connectivity index (χ3n) is 3.51. The number of non-ortho nitro benzene ring substituents is 1. The molecule has 0 bridgehead atoms. The van der Waals surface area contributed by atoms with Crippen molar-refractivity contribution in [1.82, 2.24) is 0 Å². The number of nitro benzene ring substituents is 1. The van der Waals surface area contributed by atoms with Gasteiger partial charge in [-0.3, -0.25) is 10.1 Å². The largest absolute Gasteiger partial charge is 0.464 e. The van der Waals surface area contributed by atoms with Crippen molar-refractivity contribution < 1.29 is 32.2 Å². The highest BCUT2D eigenvalue weighted by Gasteiger charge is 2.36. The molecule has 2 aromatic rings. The lowest BCUT2D eigenvalue weighted by Gasteiger charge is -2.21. The fourth-order valence-corrected chi connectivity index (χ4v) is 3.23. The van der Waals surface area contributed by atoms with Crippen LogP contribution in [0, 0.1) is 10.1 Å². The third kappa shape index (κ3) is 5.09. The zero-order valence-electron chi connectivity index (χ0n) is 14.2. The van der Waals surface area contributed by atoms with Crippen molar-refractivity contribution in [2.75, 3.05) is 6.61 Å². The predicted molar refractivity (Wildman–Crippen MR) is 93.2 cm³/mol. The molecule has 0 aliphatic carbocycles. The Balaban J connectivity index is 2.32. The number of esters is 1. The fourth-order valence-electron chi connectivity index (χ4n) is 2.20. The number of hydrogen-bond acceptors (Lipinski definition) is 8. The van der Waals surface area contributed by atoms with Crippen LogP contribution in [0.15, 0.2) is 59.5 Å². The number of aliphatic hydroxyl groups excluding tert-OH is 1. The number of nitro groups is 1. The summed E-state index contributed by atoms with van der Waals surface area (Å²) in [6, 6.07) is 11.8. The molecule has 0 saturated heterocycles. The third-order valence-corrected chi connectivity index (χ3v) is 4.82. The second kappa shape index (κ2) is 8.71. The molecule has 0 spiro atoms. The molecular formula is C17H17NO8S. The van der Waals surface area contributed by atoms with E-state index >= 15 is 0 Å². The smallest absolute Gasteiger partial charge is 0.339 e. The molecule has 0 radical (unpaired) electrons. The molecule has 10 heteroatoms. The van der Waals surface area contributed by atoms with Crippen molar-refractivity contribution in [2.24, 2.45) is 0 Å². The van der Waals surface area contributed by atoms with Crippen molar-refractivity contribution in [1.29, 1.82) is 0 Å². The van der Waals surface area contributed by atoms with Crippen LogP contribution in [-0.2, 0) is 23.8 Å². The number of carbonyl (C=O) groups is 1. The van der Waals surface area contributed by atoms with Crippen LogP contribution in [0.2, 0.25) is 0 Å². The highest BCUT2D eigenvalue weighted by atomic mass is 32.2. The lowest BCUT2D eigenvalue weighted by molar-refractivity contribution is -0.384. The van der Waals surface area contributed by atoms with E-state index < -0.39 is 38.1 Å². The molecule has 0 unspecified atom stereocenters. The Morgan fingerprint density at radius 3 is 2.26 bits per heavy atom. The maximum atomic E-state index is 12.5. The number of ether oxygens (including phenoxy) is 1. The SMILES string of the molecule is CCOC(=O)[C@H](OS(=O)(=O)c1ccc([N+](=O)[O-])cc1)[C@H](O)c1ccccc1. The molecule has 0 saturated carbocycles. The maximum absolute atomic E-state index is 12.5. The summed E-state index contributed by atoms with van der Waals surface area (Å²) in [5.74, 6) is -1.06. The van der Waals surface area contributed by atoms with E-state index in [0.717, 1.165) is 24.3 Å². The Morgan fingerprint density at radius 2 is 1.74 bits per heavy atom. The van der Waals surface area contributed by atoms with Gasteiger partial charge in [0.15, 0.2) is 0 Å². The number of aliphatic hydroxyl groups is 1. The number of nitrogens with zero attached hydrogens (tertiary/aromatic N) is 1. The van der Waals surface area contributed by atoms with E-state index in [1.54, 1.807) is 18.2 Å². The molecule has 27 heavy (non-hydrogen) atoms. The van der Waals surface area contributed by atoms with Gasteiger partial charge in [0.25, 0.3) is 15.8 Å². The second-order valence-corrected chi connectivity index (χ2v) is 6.90.